The first-order chi connectivity index (χ1) is 14.5. The molecule has 4 rings (SSSR count). The molecule has 1 aromatic heterocycles. The molecule has 1 aromatic carbocycles. The lowest BCUT2D eigenvalue weighted by Crippen LogP contribution is -2.40. The summed E-state index contributed by atoms with van der Waals surface area (Å²) >= 11 is 1.38. The third-order valence-electron chi connectivity index (χ3n) is 5.55. The van der Waals surface area contributed by atoms with Gasteiger partial charge < -0.3 is 19.7 Å². The molecule has 2 aliphatic rings. The Morgan fingerprint density at radius 2 is 1.87 bits per heavy atom. The van der Waals surface area contributed by atoms with Crippen LogP contribution in [0.5, 0.6) is 0 Å². The summed E-state index contributed by atoms with van der Waals surface area (Å²) in [5.41, 5.74) is 1.45. The lowest BCUT2D eigenvalue weighted by Gasteiger charge is -2.31. The van der Waals surface area contributed by atoms with Crippen LogP contribution in [0.15, 0.2) is 34.8 Å². The van der Waals surface area contributed by atoms with Gasteiger partial charge in [0.1, 0.15) is 17.7 Å². The van der Waals surface area contributed by atoms with Crippen LogP contribution in [0, 0.1) is 11.6 Å². The topological polar surface area (TPSA) is 65.4 Å². The normalized spacial score (nSPS) is 17.9. The van der Waals surface area contributed by atoms with Gasteiger partial charge in [-0.3, -0.25) is 0 Å². The molecule has 160 valence electrons. The van der Waals surface area contributed by atoms with Gasteiger partial charge in [0.15, 0.2) is 0 Å². The van der Waals surface area contributed by atoms with Crippen molar-refractivity contribution in [1.29, 1.82) is 0 Å². The fourth-order valence-corrected chi connectivity index (χ4v) is 4.54. The van der Waals surface area contributed by atoms with E-state index in [2.05, 4.69) is 5.16 Å². The van der Waals surface area contributed by atoms with E-state index >= 15 is 0 Å². The van der Waals surface area contributed by atoms with Gasteiger partial charge in [-0.2, -0.15) is 0 Å². The summed E-state index contributed by atoms with van der Waals surface area (Å²) in [6, 6.07) is 6.14. The van der Waals surface area contributed by atoms with Gasteiger partial charge in [-0.05, 0) is 17.5 Å². The van der Waals surface area contributed by atoms with E-state index in [1.54, 1.807) is 6.07 Å². The van der Waals surface area contributed by atoms with Crippen molar-refractivity contribution < 1.29 is 23.5 Å². The quantitative estimate of drug-likeness (QED) is 0.700. The van der Waals surface area contributed by atoms with Gasteiger partial charge >= 0.3 is 6.09 Å². The second-order valence-electron chi connectivity index (χ2n) is 7.48. The Hall–Kier alpha value is -2.68. The van der Waals surface area contributed by atoms with E-state index in [4.69, 9.17) is 9.94 Å². The van der Waals surface area contributed by atoms with Crippen LogP contribution >= 0.6 is 11.3 Å². The van der Waals surface area contributed by atoms with Crippen molar-refractivity contribution >= 4 is 28.8 Å². The standard InChI is InChI=1S/C21H23F2N3O3S/c22-17-13-19(18(23)12-16(17)20-2-1-11-30-20)25-7-3-14(4-8-25)24-29-15-5-9-26(10-6-15)21(27)28/h1-2,11-13,15H,3-10H2,(H,27,28). The Labute approximate surface area is 177 Å². The summed E-state index contributed by atoms with van der Waals surface area (Å²) in [4.78, 5) is 20.5. The third-order valence-corrected chi connectivity index (χ3v) is 6.45. The van der Waals surface area contributed by atoms with Crippen molar-refractivity contribution in [3.63, 3.8) is 0 Å². The molecular formula is C21H23F2N3O3S. The second-order valence-corrected chi connectivity index (χ2v) is 8.43. The van der Waals surface area contributed by atoms with E-state index in [0.717, 1.165) is 5.71 Å². The molecule has 0 saturated carbocycles. The fourth-order valence-electron chi connectivity index (χ4n) is 3.80. The minimum Gasteiger partial charge on any atom is -0.465 e. The van der Waals surface area contributed by atoms with Gasteiger partial charge in [0.25, 0.3) is 0 Å². The van der Waals surface area contributed by atoms with E-state index in [1.165, 1.54) is 28.4 Å². The number of hydrogen-bond acceptors (Lipinski definition) is 5. The molecule has 6 nitrogen and oxygen atoms in total. The maximum Gasteiger partial charge on any atom is 0.407 e. The molecule has 0 aliphatic carbocycles. The summed E-state index contributed by atoms with van der Waals surface area (Å²) in [5, 5.41) is 15.1. The van der Waals surface area contributed by atoms with Crippen LogP contribution < -0.4 is 4.90 Å². The van der Waals surface area contributed by atoms with Crippen molar-refractivity contribution in [1.82, 2.24) is 4.90 Å². The Kier molecular flexibility index (Phi) is 6.17. The molecule has 0 atom stereocenters. The molecule has 2 saturated heterocycles. The molecule has 2 aliphatic heterocycles. The fraction of sp³-hybridized carbons (Fsp3) is 0.429. The van der Waals surface area contributed by atoms with E-state index in [1.807, 2.05) is 16.3 Å². The summed E-state index contributed by atoms with van der Waals surface area (Å²) in [6.07, 6.45) is 1.48. The van der Waals surface area contributed by atoms with Crippen LogP contribution in [0.4, 0.5) is 19.3 Å². The highest BCUT2D eigenvalue weighted by Crippen LogP contribution is 2.33. The van der Waals surface area contributed by atoms with Gasteiger partial charge in [-0.1, -0.05) is 11.2 Å². The zero-order chi connectivity index (χ0) is 21.1. The Bertz CT molecular complexity index is 918. The van der Waals surface area contributed by atoms with E-state index in [-0.39, 0.29) is 17.4 Å². The number of carboxylic acid groups (broad SMARTS) is 1. The number of benzene rings is 1. The van der Waals surface area contributed by atoms with E-state index in [0.29, 0.717) is 56.7 Å². The van der Waals surface area contributed by atoms with Crippen molar-refractivity contribution in [2.75, 3.05) is 31.1 Å². The Balaban J connectivity index is 1.33. The number of hydrogen-bond donors (Lipinski definition) is 1. The molecule has 1 amide bonds. The van der Waals surface area contributed by atoms with Gasteiger partial charge in [0, 0.05) is 68.4 Å². The number of rotatable bonds is 4. The van der Waals surface area contributed by atoms with E-state index in [9.17, 15) is 13.6 Å². The first kappa shape index (κ1) is 20.6. The minimum absolute atomic E-state index is 0.0811. The Morgan fingerprint density at radius 1 is 1.13 bits per heavy atom. The summed E-state index contributed by atoms with van der Waals surface area (Å²) in [5.74, 6) is -0.856. The number of likely N-dealkylation sites (tertiary alicyclic amines) is 1. The third kappa shape index (κ3) is 4.56. The largest absolute Gasteiger partial charge is 0.465 e. The average Bonchev–Trinajstić information content (AvgIpc) is 3.29. The first-order valence-electron chi connectivity index (χ1n) is 9.98. The number of nitrogens with zero attached hydrogens (tertiary/aromatic N) is 3. The number of anilines is 1. The van der Waals surface area contributed by atoms with Crippen LogP contribution in [0.1, 0.15) is 25.7 Å². The van der Waals surface area contributed by atoms with Crippen molar-refractivity contribution in [3.05, 3.63) is 41.3 Å². The predicted molar refractivity (Wildman–Crippen MR) is 112 cm³/mol. The number of halogens is 2. The summed E-state index contributed by atoms with van der Waals surface area (Å²) in [7, 11) is 0. The second kappa shape index (κ2) is 8.99. The number of thiophene rings is 1. The zero-order valence-electron chi connectivity index (χ0n) is 16.4. The number of amides is 1. The average molecular weight is 435 g/mol. The van der Waals surface area contributed by atoms with Crippen molar-refractivity contribution in [2.24, 2.45) is 5.16 Å². The molecule has 0 spiro atoms. The molecule has 3 heterocycles. The molecule has 0 bridgehead atoms. The van der Waals surface area contributed by atoms with Gasteiger partial charge in [0.2, 0.25) is 0 Å². The first-order valence-corrected chi connectivity index (χ1v) is 10.9. The van der Waals surface area contributed by atoms with Crippen LogP contribution in [0.2, 0.25) is 0 Å². The summed E-state index contributed by atoms with van der Waals surface area (Å²) < 4.78 is 29.2. The van der Waals surface area contributed by atoms with Crippen molar-refractivity contribution in [3.8, 4) is 10.4 Å². The molecule has 0 unspecified atom stereocenters. The number of piperidine rings is 2. The highest BCUT2D eigenvalue weighted by molar-refractivity contribution is 7.13. The highest BCUT2D eigenvalue weighted by atomic mass is 32.1. The molecule has 2 aromatic rings. The van der Waals surface area contributed by atoms with Crippen LogP contribution in [-0.2, 0) is 4.84 Å². The lowest BCUT2D eigenvalue weighted by atomic mass is 10.1. The number of oxime groups is 1. The highest BCUT2D eigenvalue weighted by Gasteiger charge is 2.25. The van der Waals surface area contributed by atoms with Gasteiger partial charge in [-0.15, -0.1) is 11.3 Å². The van der Waals surface area contributed by atoms with Crippen LogP contribution in [0.25, 0.3) is 10.4 Å². The van der Waals surface area contributed by atoms with Gasteiger partial charge in [0.05, 0.1) is 11.4 Å². The molecule has 9 heteroatoms. The lowest BCUT2D eigenvalue weighted by molar-refractivity contribution is 0.0127. The van der Waals surface area contributed by atoms with Gasteiger partial charge in [-0.25, -0.2) is 13.6 Å². The molecule has 2 fully saturated rings. The van der Waals surface area contributed by atoms with E-state index < -0.39 is 17.7 Å². The Morgan fingerprint density at radius 3 is 2.50 bits per heavy atom. The molecular weight excluding hydrogens is 412 g/mol. The maximum absolute atomic E-state index is 14.7. The number of carbonyl (C=O) groups is 1. The molecule has 1 N–H and O–H groups in total. The molecule has 0 radical (unpaired) electrons. The SMILES string of the molecule is O=C(O)N1CCC(ON=C2CCN(c3cc(F)c(-c4cccs4)cc3F)CC2)CC1. The smallest absolute Gasteiger partial charge is 0.407 e. The van der Waals surface area contributed by atoms with Crippen LogP contribution in [0.3, 0.4) is 0 Å². The monoisotopic (exact) mass is 435 g/mol. The van der Waals surface area contributed by atoms with Crippen LogP contribution in [-0.4, -0.2) is 54.1 Å². The molecule has 30 heavy (non-hydrogen) atoms. The van der Waals surface area contributed by atoms with Crippen molar-refractivity contribution in [2.45, 2.75) is 31.8 Å². The summed E-state index contributed by atoms with van der Waals surface area (Å²) in [6.45, 7) is 1.97. The minimum atomic E-state index is -0.903. The maximum atomic E-state index is 14.7. The zero-order valence-corrected chi connectivity index (χ0v) is 17.2. The predicted octanol–water partition coefficient (Wildman–Crippen LogP) is 4.81.